The van der Waals surface area contributed by atoms with Gasteiger partial charge in [-0.1, -0.05) is 30.3 Å². The highest BCUT2D eigenvalue weighted by Gasteiger charge is 2.19. The zero-order valence-electron chi connectivity index (χ0n) is 16.1. The molecule has 3 aromatic rings. The maximum absolute atomic E-state index is 12.9. The van der Waals surface area contributed by atoms with Crippen molar-refractivity contribution >= 4 is 23.4 Å². The summed E-state index contributed by atoms with van der Waals surface area (Å²) in [5.41, 5.74) is 1.69. The van der Waals surface area contributed by atoms with Gasteiger partial charge in [0.1, 0.15) is 5.75 Å². The lowest BCUT2D eigenvalue weighted by molar-refractivity contribution is -0.384. The van der Waals surface area contributed by atoms with E-state index in [0.717, 1.165) is 5.56 Å². The van der Waals surface area contributed by atoms with Gasteiger partial charge in [0.15, 0.2) is 0 Å². The normalized spacial score (nSPS) is 10.2. The number of hydrogen-bond donors (Lipinski definition) is 0. The van der Waals surface area contributed by atoms with Crippen LogP contribution in [-0.4, -0.2) is 24.1 Å². The lowest BCUT2D eigenvalue weighted by Crippen LogP contribution is -2.33. The maximum Gasteiger partial charge on any atom is 0.420 e. The molecule has 0 heterocycles. The van der Waals surface area contributed by atoms with Crippen LogP contribution in [0.3, 0.4) is 0 Å². The van der Waals surface area contributed by atoms with E-state index >= 15 is 0 Å². The molecule has 0 radical (unpaired) electrons. The van der Waals surface area contributed by atoms with Gasteiger partial charge in [-0.05, 0) is 42.0 Å². The minimum absolute atomic E-state index is 0.0968. The number of hydrogen-bond acceptors (Lipinski definition) is 6. The molecule has 0 N–H and O–H groups in total. The van der Waals surface area contributed by atoms with Crippen molar-refractivity contribution in [1.82, 2.24) is 0 Å². The SMILES string of the molecule is COC(=O)c1ccc(CN(C(=O)Oc2ccc([N+](=O)[O-])cc2)c2ccccc2)cc1. The summed E-state index contributed by atoms with van der Waals surface area (Å²) in [6, 6.07) is 20.9. The molecule has 0 saturated heterocycles. The van der Waals surface area contributed by atoms with Crippen LogP contribution in [0.4, 0.5) is 16.2 Å². The Balaban J connectivity index is 1.81. The summed E-state index contributed by atoms with van der Waals surface area (Å²) in [6.07, 6.45) is -0.646. The largest absolute Gasteiger partial charge is 0.465 e. The Labute approximate surface area is 172 Å². The number of esters is 1. The number of anilines is 1. The smallest absolute Gasteiger partial charge is 0.420 e. The number of rotatable bonds is 6. The summed E-state index contributed by atoms with van der Waals surface area (Å²) in [4.78, 5) is 36.1. The molecule has 3 rings (SSSR count). The summed E-state index contributed by atoms with van der Waals surface area (Å²) in [7, 11) is 1.31. The van der Waals surface area contributed by atoms with E-state index in [9.17, 15) is 19.7 Å². The highest BCUT2D eigenvalue weighted by Crippen LogP contribution is 2.22. The Hall–Kier alpha value is -4.20. The Morgan fingerprint density at radius 1 is 0.933 bits per heavy atom. The number of carbonyl (C=O) groups excluding carboxylic acids is 2. The number of amides is 1. The molecule has 0 saturated carbocycles. The van der Waals surface area contributed by atoms with Crippen molar-refractivity contribution in [3.8, 4) is 5.75 Å². The fraction of sp³-hybridized carbons (Fsp3) is 0.0909. The average molecular weight is 406 g/mol. The first kappa shape index (κ1) is 20.5. The number of ether oxygens (including phenoxy) is 2. The van der Waals surface area contributed by atoms with E-state index in [1.165, 1.54) is 36.3 Å². The van der Waals surface area contributed by atoms with Crippen LogP contribution < -0.4 is 9.64 Å². The summed E-state index contributed by atoms with van der Waals surface area (Å²) in [5, 5.41) is 10.8. The molecular formula is C22H18N2O6. The molecule has 0 aliphatic rings. The monoisotopic (exact) mass is 406 g/mol. The quantitative estimate of drug-likeness (QED) is 0.337. The molecular weight excluding hydrogens is 388 g/mol. The van der Waals surface area contributed by atoms with Gasteiger partial charge < -0.3 is 9.47 Å². The first-order valence-electron chi connectivity index (χ1n) is 8.94. The highest BCUT2D eigenvalue weighted by atomic mass is 16.6. The average Bonchev–Trinajstić information content (AvgIpc) is 2.78. The third kappa shape index (κ3) is 4.99. The molecule has 8 nitrogen and oxygen atoms in total. The molecule has 0 fully saturated rings. The van der Waals surface area contributed by atoms with Crippen LogP contribution in [0.2, 0.25) is 0 Å². The standard InChI is InChI=1S/C22H18N2O6/c1-29-21(25)17-9-7-16(8-10-17)15-23(18-5-3-2-4-6-18)22(26)30-20-13-11-19(12-14-20)24(27)28/h2-14H,15H2,1H3. The number of nitro groups is 1. The number of methoxy groups -OCH3 is 1. The van der Waals surface area contributed by atoms with Crippen molar-refractivity contribution in [2.24, 2.45) is 0 Å². The van der Waals surface area contributed by atoms with E-state index in [-0.39, 0.29) is 18.0 Å². The van der Waals surface area contributed by atoms with Gasteiger partial charge in [0.25, 0.3) is 5.69 Å². The van der Waals surface area contributed by atoms with Gasteiger partial charge >= 0.3 is 12.1 Å². The van der Waals surface area contributed by atoms with Gasteiger partial charge in [0, 0.05) is 17.8 Å². The van der Waals surface area contributed by atoms with E-state index in [2.05, 4.69) is 4.74 Å². The fourth-order valence-electron chi connectivity index (χ4n) is 2.71. The number of carbonyl (C=O) groups is 2. The van der Waals surface area contributed by atoms with E-state index in [1.807, 2.05) is 6.07 Å². The number of para-hydroxylation sites is 1. The Kier molecular flexibility index (Phi) is 6.39. The zero-order chi connectivity index (χ0) is 21.5. The van der Waals surface area contributed by atoms with Gasteiger partial charge in [0.05, 0.1) is 24.1 Å². The molecule has 0 spiro atoms. The van der Waals surface area contributed by atoms with E-state index in [4.69, 9.17) is 4.74 Å². The van der Waals surface area contributed by atoms with Gasteiger partial charge in [-0.2, -0.15) is 0 Å². The van der Waals surface area contributed by atoms with Crippen molar-refractivity contribution < 1.29 is 24.0 Å². The molecule has 30 heavy (non-hydrogen) atoms. The number of nitrogens with zero attached hydrogens (tertiary/aromatic N) is 2. The molecule has 3 aromatic carbocycles. The molecule has 0 atom stereocenters. The summed E-state index contributed by atoms with van der Waals surface area (Å²) in [6.45, 7) is 0.192. The second-order valence-electron chi connectivity index (χ2n) is 6.23. The molecule has 0 unspecified atom stereocenters. The Morgan fingerprint density at radius 2 is 1.57 bits per heavy atom. The molecule has 0 bridgehead atoms. The third-order valence-electron chi connectivity index (χ3n) is 4.26. The summed E-state index contributed by atoms with van der Waals surface area (Å²) in [5.74, 6) is -0.258. The molecule has 1 amide bonds. The first-order valence-corrected chi connectivity index (χ1v) is 8.94. The van der Waals surface area contributed by atoms with Crippen LogP contribution in [0, 0.1) is 10.1 Å². The first-order chi connectivity index (χ1) is 14.5. The van der Waals surface area contributed by atoms with Crippen LogP contribution >= 0.6 is 0 Å². The van der Waals surface area contributed by atoms with Crippen molar-refractivity contribution in [2.75, 3.05) is 12.0 Å². The number of benzene rings is 3. The molecule has 0 aliphatic heterocycles. The minimum Gasteiger partial charge on any atom is -0.465 e. The van der Waals surface area contributed by atoms with Crippen LogP contribution in [0.15, 0.2) is 78.9 Å². The highest BCUT2D eigenvalue weighted by molar-refractivity contribution is 5.90. The molecule has 8 heteroatoms. The maximum atomic E-state index is 12.9. The number of nitro benzene ring substituents is 1. The zero-order valence-corrected chi connectivity index (χ0v) is 16.1. The summed E-state index contributed by atoms with van der Waals surface area (Å²) < 4.78 is 10.1. The van der Waals surface area contributed by atoms with Gasteiger partial charge in [-0.25, -0.2) is 9.59 Å². The Bertz CT molecular complexity index is 1030. The van der Waals surface area contributed by atoms with Crippen molar-refractivity contribution in [3.63, 3.8) is 0 Å². The van der Waals surface area contributed by atoms with Gasteiger partial charge in [0.2, 0.25) is 0 Å². The second kappa shape index (κ2) is 9.33. The summed E-state index contributed by atoms with van der Waals surface area (Å²) >= 11 is 0. The second-order valence-corrected chi connectivity index (χ2v) is 6.23. The molecule has 152 valence electrons. The van der Waals surface area contributed by atoms with E-state index < -0.39 is 17.0 Å². The van der Waals surface area contributed by atoms with Crippen molar-refractivity contribution in [1.29, 1.82) is 0 Å². The predicted octanol–water partition coefficient (Wildman–Crippen LogP) is 4.59. The van der Waals surface area contributed by atoms with Crippen LogP contribution in [-0.2, 0) is 11.3 Å². The van der Waals surface area contributed by atoms with Crippen LogP contribution in [0.25, 0.3) is 0 Å². The fourth-order valence-corrected chi connectivity index (χ4v) is 2.71. The number of non-ortho nitro benzene ring substituents is 1. The molecule has 0 aromatic heterocycles. The Morgan fingerprint density at radius 3 is 2.13 bits per heavy atom. The molecule has 0 aliphatic carbocycles. The van der Waals surface area contributed by atoms with E-state index in [0.29, 0.717) is 11.3 Å². The van der Waals surface area contributed by atoms with Gasteiger partial charge in [-0.3, -0.25) is 15.0 Å². The lowest BCUT2D eigenvalue weighted by Gasteiger charge is -2.22. The lowest BCUT2D eigenvalue weighted by atomic mass is 10.1. The van der Waals surface area contributed by atoms with Crippen LogP contribution in [0.5, 0.6) is 5.75 Å². The van der Waals surface area contributed by atoms with Gasteiger partial charge in [-0.15, -0.1) is 0 Å². The van der Waals surface area contributed by atoms with Crippen molar-refractivity contribution in [2.45, 2.75) is 6.54 Å². The predicted molar refractivity (Wildman–Crippen MR) is 110 cm³/mol. The minimum atomic E-state index is -0.646. The van der Waals surface area contributed by atoms with Crippen LogP contribution in [0.1, 0.15) is 15.9 Å². The van der Waals surface area contributed by atoms with Crippen molar-refractivity contribution in [3.05, 3.63) is 100 Å². The van der Waals surface area contributed by atoms with E-state index in [1.54, 1.807) is 48.5 Å². The topological polar surface area (TPSA) is 99.0 Å². The third-order valence-corrected chi connectivity index (χ3v) is 4.26.